The molecular formula is C41H65N2+. The zero-order chi connectivity index (χ0) is 30.4. The van der Waals surface area contributed by atoms with E-state index < -0.39 is 0 Å². The molecular weight excluding hydrogens is 520 g/mol. The van der Waals surface area contributed by atoms with E-state index in [1.807, 2.05) is 0 Å². The summed E-state index contributed by atoms with van der Waals surface area (Å²) in [5.74, 6) is 1.85. The normalized spacial score (nSPS) is 13.7. The van der Waals surface area contributed by atoms with Crippen LogP contribution in [-0.4, -0.2) is 4.98 Å². The minimum atomic E-state index is 0.0109. The van der Waals surface area contributed by atoms with Gasteiger partial charge in [0, 0.05) is 5.41 Å². The Morgan fingerprint density at radius 1 is 0.605 bits per heavy atom. The monoisotopic (exact) mass is 586 g/mol. The van der Waals surface area contributed by atoms with Crippen molar-refractivity contribution in [3.63, 3.8) is 0 Å². The molecule has 3 rings (SSSR count). The second kappa shape index (κ2) is 21.4. The van der Waals surface area contributed by atoms with Crippen LogP contribution in [0.15, 0.2) is 73.1 Å². The third-order valence-corrected chi connectivity index (χ3v) is 9.84. The standard InChI is InChI=1S/C41H64N2/c1-4-6-8-9-10-11-12-13-14-15-16-17-18-19-20-27-32-39(40-42-33-35-43(40)34-7-5-2)41(3,38-30-25-22-26-31-38)36-37-28-23-21-24-29-37/h21-26,28-31,33,35,39H,4-20,27,32,34,36H2,1-3H3/p+1. The quantitative estimate of drug-likeness (QED) is 0.0753. The summed E-state index contributed by atoms with van der Waals surface area (Å²) in [6, 6.07) is 22.5. The van der Waals surface area contributed by atoms with Crippen molar-refractivity contribution in [2.45, 2.75) is 167 Å². The van der Waals surface area contributed by atoms with Crippen molar-refractivity contribution < 1.29 is 4.57 Å². The molecule has 0 saturated heterocycles. The predicted octanol–water partition coefficient (Wildman–Crippen LogP) is 12.0. The molecule has 43 heavy (non-hydrogen) atoms. The number of nitrogens with one attached hydrogen (secondary N) is 1. The zero-order valence-corrected chi connectivity index (χ0v) is 28.3. The van der Waals surface area contributed by atoms with Crippen LogP contribution in [-0.2, 0) is 18.4 Å². The molecule has 2 atom stereocenters. The second-order valence-corrected chi connectivity index (χ2v) is 13.5. The molecule has 1 heterocycles. The molecule has 0 amide bonds. The van der Waals surface area contributed by atoms with Crippen LogP contribution in [0.1, 0.15) is 166 Å². The number of benzene rings is 2. The molecule has 0 aliphatic rings. The van der Waals surface area contributed by atoms with E-state index in [2.05, 4.69) is 103 Å². The maximum absolute atomic E-state index is 3.74. The van der Waals surface area contributed by atoms with Gasteiger partial charge in [-0.2, -0.15) is 0 Å². The smallest absolute Gasteiger partial charge is 0.247 e. The molecule has 0 aliphatic carbocycles. The predicted molar refractivity (Wildman–Crippen MR) is 187 cm³/mol. The molecule has 0 aliphatic heterocycles. The van der Waals surface area contributed by atoms with Crippen molar-refractivity contribution in [3.05, 3.63) is 90.0 Å². The van der Waals surface area contributed by atoms with Gasteiger partial charge in [-0.15, -0.1) is 0 Å². The molecule has 1 N–H and O–H groups in total. The van der Waals surface area contributed by atoms with Gasteiger partial charge in [-0.25, -0.2) is 9.55 Å². The minimum Gasteiger partial charge on any atom is -0.247 e. The van der Waals surface area contributed by atoms with Crippen molar-refractivity contribution in [2.24, 2.45) is 0 Å². The SMILES string of the molecule is CCCCCCCCCCCCCCCCCCC(c1[nH]cc[n+]1CCCC)C(C)(Cc1ccccc1)c1ccccc1. The Bertz CT molecular complexity index is 1060. The lowest BCUT2D eigenvalue weighted by Crippen LogP contribution is -2.43. The summed E-state index contributed by atoms with van der Waals surface area (Å²) in [5.41, 5.74) is 2.89. The summed E-state index contributed by atoms with van der Waals surface area (Å²) in [6.45, 7) is 8.22. The third kappa shape index (κ3) is 12.7. The number of rotatable bonds is 25. The highest BCUT2D eigenvalue weighted by Crippen LogP contribution is 2.43. The Morgan fingerprint density at radius 3 is 1.63 bits per heavy atom. The van der Waals surface area contributed by atoms with Gasteiger partial charge in [-0.05, 0) is 30.4 Å². The van der Waals surface area contributed by atoms with Gasteiger partial charge in [-0.3, -0.25) is 0 Å². The molecule has 0 saturated carbocycles. The van der Waals surface area contributed by atoms with E-state index in [0.29, 0.717) is 5.92 Å². The summed E-state index contributed by atoms with van der Waals surface area (Å²) in [6.07, 6.45) is 31.9. The molecule has 0 spiro atoms. The number of aromatic nitrogens is 2. The molecule has 238 valence electrons. The van der Waals surface area contributed by atoms with Gasteiger partial charge >= 0.3 is 0 Å². The largest absolute Gasteiger partial charge is 0.258 e. The lowest BCUT2D eigenvalue weighted by Gasteiger charge is -2.37. The molecule has 0 bridgehead atoms. The summed E-state index contributed by atoms with van der Waals surface area (Å²) in [4.78, 5) is 3.74. The van der Waals surface area contributed by atoms with Gasteiger partial charge in [0.05, 0.1) is 12.5 Å². The maximum atomic E-state index is 3.74. The zero-order valence-electron chi connectivity index (χ0n) is 28.3. The van der Waals surface area contributed by atoms with Gasteiger partial charge in [-0.1, -0.05) is 191 Å². The number of hydrogen-bond acceptors (Lipinski definition) is 0. The van der Waals surface area contributed by atoms with Gasteiger partial charge < -0.3 is 0 Å². The Balaban J connectivity index is 1.52. The summed E-state index contributed by atoms with van der Waals surface area (Å²) < 4.78 is 2.52. The highest BCUT2D eigenvalue weighted by atomic mass is 15.1. The molecule has 0 radical (unpaired) electrons. The van der Waals surface area contributed by atoms with Crippen LogP contribution in [0, 0.1) is 0 Å². The van der Waals surface area contributed by atoms with Gasteiger partial charge in [0.2, 0.25) is 0 Å². The Labute approximate surface area is 266 Å². The molecule has 1 aromatic heterocycles. The van der Waals surface area contributed by atoms with E-state index in [9.17, 15) is 0 Å². The first-order chi connectivity index (χ1) is 21.2. The van der Waals surface area contributed by atoms with Crippen LogP contribution >= 0.6 is 0 Å². The van der Waals surface area contributed by atoms with Crippen LogP contribution in [0.2, 0.25) is 0 Å². The molecule has 2 aromatic carbocycles. The topological polar surface area (TPSA) is 19.7 Å². The molecule has 0 fully saturated rings. The van der Waals surface area contributed by atoms with E-state index in [4.69, 9.17) is 0 Å². The van der Waals surface area contributed by atoms with Crippen molar-refractivity contribution in [1.29, 1.82) is 0 Å². The summed E-state index contributed by atoms with van der Waals surface area (Å²) in [5, 5.41) is 0. The Hall–Kier alpha value is -2.35. The third-order valence-electron chi connectivity index (χ3n) is 9.84. The van der Waals surface area contributed by atoms with Crippen LogP contribution in [0.25, 0.3) is 0 Å². The van der Waals surface area contributed by atoms with Crippen molar-refractivity contribution in [1.82, 2.24) is 4.98 Å². The first-order valence-electron chi connectivity index (χ1n) is 18.3. The van der Waals surface area contributed by atoms with Crippen molar-refractivity contribution in [3.8, 4) is 0 Å². The average Bonchev–Trinajstić information content (AvgIpc) is 3.50. The summed E-state index contributed by atoms with van der Waals surface area (Å²) >= 11 is 0. The minimum absolute atomic E-state index is 0.0109. The van der Waals surface area contributed by atoms with E-state index in [1.165, 1.54) is 139 Å². The van der Waals surface area contributed by atoms with E-state index in [1.54, 1.807) is 0 Å². The molecule has 2 unspecified atom stereocenters. The highest BCUT2D eigenvalue weighted by Gasteiger charge is 2.41. The van der Waals surface area contributed by atoms with Gasteiger partial charge in [0.15, 0.2) is 0 Å². The van der Waals surface area contributed by atoms with Crippen molar-refractivity contribution in [2.75, 3.05) is 0 Å². The summed E-state index contributed by atoms with van der Waals surface area (Å²) in [7, 11) is 0. The highest BCUT2D eigenvalue weighted by molar-refractivity contribution is 5.32. The number of hydrogen-bond donors (Lipinski definition) is 1. The van der Waals surface area contributed by atoms with Gasteiger partial charge in [0.25, 0.3) is 5.82 Å². The second-order valence-electron chi connectivity index (χ2n) is 13.5. The fraction of sp³-hybridized carbons (Fsp3) is 0.634. The Morgan fingerprint density at radius 2 is 1.09 bits per heavy atom. The number of aromatic amines is 1. The van der Waals surface area contributed by atoms with E-state index in [-0.39, 0.29) is 5.41 Å². The van der Waals surface area contributed by atoms with Crippen LogP contribution in [0.3, 0.4) is 0 Å². The van der Waals surface area contributed by atoms with Gasteiger partial charge in [0.1, 0.15) is 12.4 Å². The number of aryl methyl sites for hydroxylation is 1. The average molecular weight is 586 g/mol. The number of H-pyrrole nitrogens is 1. The number of unbranched alkanes of at least 4 members (excludes halogenated alkanes) is 16. The lowest BCUT2D eigenvalue weighted by atomic mass is 9.66. The molecule has 3 aromatic rings. The first-order valence-corrected chi connectivity index (χ1v) is 18.3. The van der Waals surface area contributed by atoms with Crippen LogP contribution in [0.5, 0.6) is 0 Å². The Kier molecular flexibility index (Phi) is 17.5. The van der Waals surface area contributed by atoms with E-state index in [0.717, 1.165) is 13.0 Å². The van der Waals surface area contributed by atoms with Crippen molar-refractivity contribution >= 4 is 0 Å². The first kappa shape index (κ1) is 35.1. The van der Waals surface area contributed by atoms with Crippen LogP contribution in [0.4, 0.5) is 0 Å². The lowest BCUT2D eigenvalue weighted by molar-refractivity contribution is -0.705. The fourth-order valence-electron chi connectivity index (χ4n) is 7.12. The maximum Gasteiger partial charge on any atom is 0.258 e. The molecule has 2 nitrogen and oxygen atoms in total. The van der Waals surface area contributed by atoms with Crippen LogP contribution < -0.4 is 4.57 Å². The number of imidazole rings is 1. The number of nitrogens with zero attached hydrogens (tertiary/aromatic N) is 1. The van der Waals surface area contributed by atoms with E-state index >= 15 is 0 Å². The molecule has 2 heteroatoms. The fourth-order valence-corrected chi connectivity index (χ4v) is 7.12.